The van der Waals surface area contributed by atoms with Crippen LogP contribution in [0.1, 0.15) is 12.1 Å². The van der Waals surface area contributed by atoms with E-state index in [2.05, 4.69) is 10.4 Å². The predicted molar refractivity (Wildman–Crippen MR) is 80.9 cm³/mol. The minimum absolute atomic E-state index is 0.0207. The van der Waals surface area contributed by atoms with Gasteiger partial charge in [-0.15, -0.1) is 0 Å². The fourth-order valence-corrected chi connectivity index (χ4v) is 1.89. The highest BCUT2D eigenvalue weighted by Crippen LogP contribution is 2.13. The summed E-state index contributed by atoms with van der Waals surface area (Å²) >= 11 is 0. The number of carbonyl (C=O) groups is 1. The van der Waals surface area contributed by atoms with E-state index >= 15 is 0 Å². The molecule has 21 heavy (non-hydrogen) atoms. The number of nitrogen functional groups attached to an aromatic ring is 1. The Morgan fingerprint density at radius 1 is 1.33 bits per heavy atom. The van der Waals surface area contributed by atoms with Crippen LogP contribution < -0.4 is 15.8 Å². The van der Waals surface area contributed by atoms with Gasteiger partial charge in [0.25, 0.3) is 0 Å². The van der Waals surface area contributed by atoms with E-state index in [4.69, 9.17) is 10.5 Å². The van der Waals surface area contributed by atoms with Gasteiger partial charge in [-0.2, -0.15) is 5.10 Å². The molecule has 0 fully saturated rings. The summed E-state index contributed by atoms with van der Waals surface area (Å²) in [4.78, 5) is 11.7. The van der Waals surface area contributed by atoms with Gasteiger partial charge < -0.3 is 15.8 Å². The molecular formula is C15H20N4O2. The molecule has 0 aliphatic carbocycles. The van der Waals surface area contributed by atoms with E-state index in [-0.39, 0.29) is 5.91 Å². The number of hydrogen-bond donors (Lipinski definition) is 2. The van der Waals surface area contributed by atoms with Gasteiger partial charge in [-0.05, 0) is 30.3 Å². The Balaban J connectivity index is 1.61. The Bertz CT molecular complexity index is 578. The zero-order chi connectivity index (χ0) is 15.1. The van der Waals surface area contributed by atoms with E-state index in [1.165, 1.54) is 0 Å². The van der Waals surface area contributed by atoms with E-state index in [0.717, 1.165) is 12.1 Å². The van der Waals surface area contributed by atoms with E-state index in [9.17, 15) is 4.79 Å². The monoisotopic (exact) mass is 288 g/mol. The normalized spacial score (nSPS) is 10.3. The number of amides is 1. The summed E-state index contributed by atoms with van der Waals surface area (Å²) in [5, 5.41) is 6.94. The topological polar surface area (TPSA) is 82.2 Å². The molecule has 0 atom stereocenters. The zero-order valence-corrected chi connectivity index (χ0v) is 12.1. The highest BCUT2D eigenvalue weighted by molar-refractivity contribution is 5.75. The summed E-state index contributed by atoms with van der Waals surface area (Å²) < 4.78 is 7.27. The van der Waals surface area contributed by atoms with Crippen LogP contribution in [0.4, 0.5) is 5.69 Å². The van der Waals surface area contributed by atoms with Gasteiger partial charge in [0, 0.05) is 37.6 Å². The van der Waals surface area contributed by atoms with Crippen molar-refractivity contribution in [2.75, 3.05) is 18.9 Å². The van der Waals surface area contributed by atoms with Gasteiger partial charge in [-0.3, -0.25) is 9.48 Å². The van der Waals surface area contributed by atoms with Crippen molar-refractivity contribution in [3.8, 4) is 5.75 Å². The molecule has 6 nitrogen and oxygen atoms in total. The first kappa shape index (κ1) is 14.9. The quantitative estimate of drug-likeness (QED) is 0.748. The van der Waals surface area contributed by atoms with E-state index < -0.39 is 0 Å². The summed E-state index contributed by atoms with van der Waals surface area (Å²) in [6.07, 6.45) is 2.84. The van der Waals surface area contributed by atoms with Crippen molar-refractivity contribution in [3.05, 3.63) is 42.2 Å². The zero-order valence-electron chi connectivity index (χ0n) is 12.1. The molecule has 2 rings (SSSR count). The van der Waals surface area contributed by atoms with Crippen molar-refractivity contribution in [2.45, 2.75) is 12.8 Å². The number of nitrogens with two attached hydrogens (primary N) is 1. The third-order valence-electron chi connectivity index (χ3n) is 3.10. The molecule has 0 aliphatic heterocycles. The Morgan fingerprint density at radius 3 is 2.76 bits per heavy atom. The van der Waals surface area contributed by atoms with Crippen LogP contribution in [0, 0.1) is 0 Å². The van der Waals surface area contributed by atoms with Crippen molar-refractivity contribution in [1.29, 1.82) is 0 Å². The number of anilines is 1. The lowest BCUT2D eigenvalue weighted by atomic mass is 10.3. The maximum absolute atomic E-state index is 11.7. The lowest BCUT2D eigenvalue weighted by Gasteiger charge is -2.07. The number of aromatic nitrogens is 2. The molecule has 0 saturated carbocycles. The molecule has 3 N–H and O–H groups in total. The number of ether oxygens (including phenoxy) is 1. The van der Waals surface area contributed by atoms with Crippen LogP contribution in [0.25, 0.3) is 0 Å². The number of benzene rings is 1. The molecule has 0 spiro atoms. The van der Waals surface area contributed by atoms with Gasteiger partial charge >= 0.3 is 0 Å². The maximum atomic E-state index is 11.7. The molecule has 0 saturated heterocycles. The first-order chi connectivity index (χ1) is 10.1. The molecule has 0 aliphatic rings. The fourth-order valence-electron chi connectivity index (χ4n) is 1.89. The van der Waals surface area contributed by atoms with Gasteiger partial charge in [-0.25, -0.2) is 0 Å². The molecule has 0 unspecified atom stereocenters. The summed E-state index contributed by atoms with van der Waals surface area (Å²) in [5.41, 5.74) is 7.36. The Labute approximate surface area is 123 Å². The van der Waals surface area contributed by atoms with Crippen molar-refractivity contribution < 1.29 is 9.53 Å². The molecule has 1 aromatic heterocycles. The molecule has 2 aromatic rings. The predicted octanol–water partition coefficient (Wildman–Crippen LogP) is 1.13. The average molecular weight is 288 g/mol. The van der Waals surface area contributed by atoms with Gasteiger partial charge in [-0.1, -0.05) is 0 Å². The second-order valence-electron chi connectivity index (χ2n) is 4.71. The second kappa shape index (κ2) is 7.33. The molecule has 1 heterocycles. The van der Waals surface area contributed by atoms with Crippen molar-refractivity contribution >= 4 is 11.6 Å². The maximum Gasteiger partial charge on any atom is 0.223 e. The van der Waals surface area contributed by atoms with Crippen LogP contribution >= 0.6 is 0 Å². The molecule has 0 radical (unpaired) electrons. The minimum atomic E-state index is -0.0207. The molecule has 112 valence electrons. The first-order valence-electron chi connectivity index (χ1n) is 6.87. The van der Waals surface area contributed by atoms with Crippen LogP contribution in [0.15, 0.2) is 36.5 Å². The highest BCUT2D eigenvalue weighted by atomic mass is 16.5. The molecule has 0 bridgehead atoms. The number of nitrogens with zero attached hydrogens (tertiary/aromatic N) is 2. The van der Waals surface area contributed by atoms with E-state index in [0.29, 0.717) is 31.0 Å². The second-order valence-corrected chi connectivity index (χ2v) is 4.71. The fraction of sp³-hybridized carbons (Fsp3) is 0.333. The van der Waals surface area contributed by atoms with Crippen LogP contribution in [0.2, 0.25) is 0 Å². The number of aryl methyl sites for hydroxylation is 1. The van der Waals surface area contributed by atoms with E-state index in [1.54, 1.807) is 35.1 Å². The molecular weight excluding hydrogens is 268 g/mol. The van der Waals surface area contributed by atoms with Crippen LogP contribution in [0.5, 0.6) is 5.75 Å². The summed E-state index contributed by atoms with van der Waals surface area (Å²) in [6.45, 7) is 0.946. The number of carbonyl (C=O) groups excluding carboxylic acids is 1. The molecule has 1 aromatic carbocycles. The van der Waals surface area contributed by atoms with E-state index in [1.807, 2.05) is 13.1 Å². The Hall–Kier alpha value is -2.50. The van der Waals surface area contributed by atoms with Gasteiger partial charge in [0.2, 0.25) is 5.91 Å². The SMILES string of the molecule is Cn1nccc1CCNC(=O)CCOc1ccc(N)cc1. The average Bonchev–Trinajstić information content (AvgIpc) is 2.87. The summed E-state index contributed by atoms with van der Waals surface area (Å²) in [6, 6.07) is 9.05. The van der Waals surface area contributed by atoms with Crippen LogP contribution in [-0.2, 0) is 18.3 Å². The largest absolute Gasteiger partial charge is 0.493 e. The van der Waals surface area contributed by atoms with Crippen molar-refractivity contribution in [3.63, 3.8) is 0 Å². The van der Waals surface area contributed by atoms with Crippen LogP contribution in [-0.4, -0.2) is 28.8 Å². The molecule has 1 amide bonds. The summed E-state index contributed by atoms with van der Waals surface area (Å²) in [7, 11) is 1.89. The third-order valence-corrected chi connectivity index (χ3v) is 3.10. The van der Waals surface area contributed by atoms with Gasteiger partial charge in [0.15, 0.2) is 0 Å². The number of hydrogen-bond acceptors (Lipinski definition) is 4. The minimum Gasteiger partial charge on any atom is -0.493 e. The Kier molecular flexibility index (Phi) is 5.20. The Morgan fingerprint density at radius 2 is 2.10 bits per heavy atom. The standard InChI is InChI=1S/C15H20N4O2/c1-19-13(7-10-18-19)6-9-17-15(20)8-11-21-14-4-2-12(16)3-5-14/h2-5,7,10H,6,8-9,11,16H2,1H3,(H,17,20). The molecule has 6 heteroatoms. The first-order valence-corrected chi connectivity index (χ1v) is 6.87. The van der Waals surface area contributed by atoms with Crippen molar-refractivity contribution in [1.82, 2.24) is 15.1 Å². The third kappa shape index (κ3) is 4.83. The highest BCUT2D eigenvalue weighted by Gasteiger charge is 2.03. The van der Waals surface area contributed by atoms with Crippen molar-refractivity contribution in [2.24, 2.45) is 7.05 Å². The lowest BCUT2D eigenvalue weighted by molar-refractivity contribution is -0.121. The van der Waals surface area contributed by atoms with Crippen LogP contribution in [0.3, 0.4) is 0 Å². The van der Waals surface area contributed by atoms with Gasteiger partial charge in [0.1, 0.15) is 5.75 Å². The lowest BCUT2D eigenvalue weighted by Crippen LogP contribution is -2.27. The number of nitrogens with one attached hydrogen (secondary N) is 1. The smallest absolute Gasteiger partial charge is 0.223 e. The van der Waals surface area contributed by atoms with Gasteiger partial charge in [0.05, 0.1) is 13.0 Å². The summed E-state index contributed by atoms with van der Waals surface area (Å²) in [5.74, 6) is 0.694. The number of rotatable bonds is 7.